The molecule has 1 aromatic carbocycles. The number of carbonyl (C=O) groups is 2. The fourth-order valence-corrected chi connectivity index (χ4v) is 2.48. The van der Waals surface area contributed by atoms with Gasteiger partial charge in [-0.3, -0.25) is 9.59 Å². The van der Waals surface area contributed by atoms with Crippen molar-refractivity contribution in [1.29, 1.82) is 0 Å². The lowest BCUT2D eigenvalue weighted by Gasteiger charge is -2.07. The monoisotopic (exact) mass is 348 g/mol. The van der Waals surface area contributed by atoms with Crippen molar-refractivity contribution in [3.8, 4) is 5.75 Å². The van der Waals surface area contributed by atoms with Crippen LogP contribution in [0.4, 0.5) is 0 Å². The molecule has 1 aromatic rings. The molecule has 4 heteroatoms. The molecule has 0 aliphatic heterocycles. The SMILES string of the molecule is CCCCCCCCOC(=O)CCCC(=O)Oc1ccc(C)c(C)c1. The Balaban J connectivity index is 2.08. The standard InChI is InChI=1S/C21H32O4/c1-4-5-6-7-8-9-15-24-20(22)11-10-12-21(23)25-19-14-13-17(2)18(3)16-19/h13-14,16H,4-12,15H2,1-3H3. The van der Waals surface area contributed by atoms with Crippen LogP contribution in [0.5, 0.6) is 5.75 Å². The highest BCUT2D eigenvalue weighted by molar-refractivity contribution is 5.74. The van der Waals surface area contributed by atoms with Crippen molar-refractivity contribution in [3.63, 3.8) is 0 Å². The number of aryl methyl sites for hydroxylation is 2. The van der Waals surface area contributed by atoms with Crippen LogP contribution in [0.3, 0.4) is 0 Å². The van der Waals surface area contributed by atoms with Crippen molar-refractivity contribution in [3.05, 3.63) is 29.3 Å². The Morgan fingerprint density at radius 2 is 1.52 bits per heavy atom. The van der Waals surface area contributed by atoms with Gasteiger partial charge in [0.1, 0.15) is 5.75 Å². The number of unbranched alkanes of at least 4 members (excludes halogenated alkanes) is 5. The van der Waals surface area contributed by atoms with E-state index in [9.17, 15) is 9.59 Å². The van der Waals surface area contributed by atoms with E-state index in [1.807, 2.05) is 26.0 Å². The molecule has 0 saturated heterocycles. The molecule has 0 bridgehead atoms. The molecule has 0 saturated carbocycles. The number of benzene rings is 1. The minimum atomic E-state index is -0.313. The second-order valence-corrected chi connectivity index (χ2v) is 6.56. The molecule has 0 radical (unpaired) electrons. The lowest BCUT2D eigenvalue weighted by Crippen LogP contribution is -2.10. The van der Waals surface area contributed by atoms with Crippen LogP contribution in [0, 0.1) is 13.8 Å². The van der Waals surface area contributed by atoms with Crippen molar-refractivity contribution in [2.75, 3.05) is 6.61 Å². The number of rotatable bonds is 12. The quantitative estimate of drug-likeness (QED) is 0.293. The maximum absolute atomic E-state index is 11.8. The molecular weight excluding hydrogens is 316 g/mol. The average Bonchev–Trinajstić information content (AvgIpc) is 2.57. The molecule has 0 aliphatic carbocycles. The fourth-order valence-electron chi connectivity index (χ4n) is 2.48. The highest BCUT2D eigenvalue weighted by atomic mass is 16.5. The average molecular weight is 348 g/mol. The molecule has 0 amide bonds. The minimum absolute atomic E-state index is 0.221. The third-order valence-corrected chi connectivity index (χ3v) is 4.23. The van der Waals surface area contributed by atoms with Crippen LogP contribution < -0.4 is 4.74 Å². The van der Waals surface area contributed by atoms with E-state index in [1.54, 1.807) is 6.07 Å². The summed E-state index contributed by atoms with van der Waals surface area (Å²) in [5, 5.41) is 0. The Labute approximate surface area is 151 Å². The van der Waals surface area contributed by atoms with Gasteiger partial charge in [0.05, 0.1) is 6.61 Å². The van der Waals surface area contributed by atoms with E-state index in [0.29, 0.717) is 18.8 Å². The number of carbonyl (C=O) groups excluding carboxylic acids is 2. The molecule has 0 atom stereocenters. The van der Waals surface area contributed by atoms with Crippen LogP contribution in [-0.2, 0) is 14.3 Å². The van der Waals surface area contributed by atoms with Crippen LogP contribution >= 0.6 is 0 Å². The largest absolute Gasteiger partial charge is 0.466 e. The predicted molar refractivity (Wildman–Crippen MR) is 99.7 cm³/mol. The summed E-state index contributed by atoms with van der Waals surface area (Å²) in [5.74, 6) is 0.0123. The van der Waals surface area contributed by atoms with Gasteiger partial charge >= 0.3 is 11.9 Å². The summed E-state index contributed by atoms with van der Waals surface area (Å²) in [6.45, 7) is 6.67. The zero-order valence-electron chi connectivity index (χ0n) is 15.9. The Bertz CT molecular complexity index is 537. The molecule has 25 heavy (non-hydrogen) atoms. The summed E-state index contributed by atoms with van der Waals surface area (Å²) in [6, 6.07) is 5.56. The fraction of sp³-hybridized carbons (Fsp3) is 0.619. The first-order valence-electron chi connectivity index (χ1n) is 9.46. The molecule has 0 fully saturated rings. The topological polar surface area (TPSA) is 52.6 Å². The van der Waals surface area contributed by atoms with Gasteiger partial charge in [-0.1, -0.05) is 45.1 Å². The third kappa shape index (κ3) is 9.90. The highest BCUT2D eigenvalue weighted by Gasteiger charge is 2.09. The first-order valence-corrected chi connectivity index (χ1v) is 9.46. The second-order valence-electron chi connectivity index (χ2n) is 6.56. The Morgan fingerprint density at radius 3 is 2.24 bits per heavy atom. The highest BCUT2D eigenvalue weighted by Crippen LogP contribution is 2.17. The van der Waals surface area contributed by atoms with Crippen LogP contribution in [0.2, 0.25) is 0 Å². The molecule has 0 N–H and O–H groups in total. The predicted octanol–water partition coefficient (Wildman–Crippen LogP) is 5.28. The Morgan fingerprint density at radius 1 is 0.840 bits per heavy atom. The van der Waals surface area contributed by atoms with Crippen LogP contribution in [0.15, 0.2) is 18.2 Å². The summed E-state index contributed by atoms with van der Waals surface area (Å²) >= 11 is 0. The molecule has 0 spiro atoms. The van der Waals surface area contributed by atoms with Gasteiger partial charge in [-0.15, -0.1) is 0 Å². The molecule has 4 nitrogen and oxygen atoms in total. The molecule has 0 heterocycles. The maximum Gasteiger partial charge on any atom is 0.311 e. The van der Waals surface area contributed by atoms with Crippen LogP contribution in [-0.4, -0.2) is 18.5 Å². The zero-order chi connectivity index (χ0) is 18.5. The summed E-state index contributed by atoms with van der Waals surface area (Å²) in [6.07, 6.45) is 7.94. The van der Waals surface area contributed by atoms with Crippen molar-refractivity contribution >= 4 is 11.9 Å². The summed E-state index contributed by atoms with van der Waals surface area (Å²) < 4.78 is 10.5. The number of ether oxygens (including phenoxy) is 2. The molecule has 140 valence electrons. The van der Waals surface area contributed by atoms with E-state index in [-0.39, 0.29) is 24.8 Å². The van der Waals surface area contributed by atoms with E-state index in [0.717, 1.165) is 24.0 Å². The van der Waals surface area contributed by atoms with Gasteiger partial charge in [-0.2, -0.15) is 0 Å². The van der Waals surface area contributed by atoms with Crippen LogP contribution in [0.25, 0.3) is 0 Å². The summed E-state index contributed by atoms with van der Waals surface area (Å²) in [4.78, 5) is 23.4. The lowest BCUT2D eigenvalue weighted by molar-refractivity contribution is -0.144. The Hall–Kier alpha value is -1.84. The van der Waals surface area contributed by atoms with Gasteiger partial charge in [0, 0.05) is 12.8 Å². The van der Waals surface area contributed by atoms with Gasteiger partial charge < -0.3 is 9.47 Å². The van der Waals surface area contributed by atoms with Crippen molar-refractivity contribution in [1.82, 2.24) is 0 Å². The lowest BCUT2D eigenvalue weighted by atomic mass is 10.1. The second kappa shape index (κ2) is 12.5. The van der Waals surface area contributed by atoms with Gasteiger partial charge in [0.25, 0.3) is 0 Å². The molecule has 0 unspecified atom stereocenters. The van der Waals surface area contributed by atoms with Gasteiger partial charge in [-0.25, -0.2) is 0 Å². The number of hydrogen-bond acceptors (Lipinski definition) is 4. The molecule has 0 aliphatic rings. The molecular formula is C21H32O4. The third-order valence-electron chi connectivity index (χ3n) is 4.23. The van der Waals surface area contributed by atoms with Gasteiger partial charge in [-0.05, 0) is 49.9 Å². The van der Waals surface area contributed by atoms with Crippen molar-refractivity contribution < 1.29 is 19.1 Å². The van der Waals surface area contributed by atoms with E-state index in [4.69, 9.17) is 9.47 Å². The minimum Gasteiger partial charge on any atom is -0.466 e. The first-order chi connectivity index (χ1) is 12.0. The van der Waals surface area contributed by atoms with E-state index >= 15 is 0 Å². The summed E-state index contributed by atoms with van der Waals surface area (Å²) in [5.41, 5.74) is 2.25. The summed E-state index contributed by atoms with van der Waals surface area (Å²) in [7, 11) is 0. The molecule has 1 rings (SSSR count). The maximum atomic E-state index is 11.8. The van der Waals surface area contributed by atoms with Crippen LogP contribution in [0.1, 0.15) is 75.8 Å². The van der Waals surface area contributed by atoms with Crippen molar-refractivity contribution in [2.45, 2.75) is 78.6 Å². The zero-order valence-corrected chi connectivity index (χ0v) is 15.9. The Kier molecular flexibility index (Phi) is 10.6. The first kappa shape index (κ1) is 21.2. The van der Waals surface area contributed by atoms with Gasteiger partial charge in [0.15, 0.2) is 0 Å². The number of esters is 2. The number of hydrogen-bond donors (Lipinski definition) is 0. The van der Waals surface area contributed by atoms with E-state index < -0.39 is 0 Å². The van der Waals surface area contributed by atoms with Gasteiger partial charge in [0.2, 0.25) is 0 Å². The van der Waals surface area contributed by atoms with E-state index in [2.05, 4.69) is 6.92 Å². The smallest absolute Gasteiger partial charge is 0.311 e. The normalized spacial score (nSPS) is 10.5. The van der Waals surface area contributed by atoms with Crippen molar-refractivity contribution in [2.24, 2.45) is 0 Å². The van der Waals surface area contributed by atoms with E-state index in [1.165, 1.54) is 25.7 Å². The molecule has 0 aromatic heterocycles.